The van der Waals surface area contributed by atoms with Crippen molar-refractivity contribution >= 4 is 46.1 Å². The Hall–Kier alpha value is -3.69. The number of para-hydroxylation sites is 1. The molecule has 4 aromatic carbocycles. The van der Waals surface area contributed by atoms with Crippen LogP contribution in [-0.2, 0) is 0 Å². The summed E-state index contributed by atoms with van der Waals surface area (Å²) in [6.07, 6.45) is 0. The second-order valence-corrected chi connectivity index (χ2v) is 16.2. The van der Waals surface area contributed by atoms with Crippen molar-refractivity contribution in [3.05, 3.63) is 96.6 Å². The molecule has 0 amide bonds. The minimum Gasteiger partial charge on any atom is -0.455 e. The van der Waals surface area contributed by atoms with E-state index in [0.717, 1.165) is 38.7 Å². The van der Waals surface area contributed by atoms with Gasteiger partial charge in [-0.2, -0.15) is 0 Å². The molecule has 2 nitrogen and oxygen atoms in total. The van der Waals surface area contributed by atoms with Crippen LogP contribution in [0.5, 0.6) is 0 Å². The molecule has 2 aromatic heterocycles. The third-order valence-electron chi connectivity index (χ3n) is 7.23. The van der Waals surface area contributed by atoms with E-state index in [1.165, 1.54) is 27.3 Å². The van der Waals surface area contributed by atoms with Gasteiger partial charge in [-0.3, -0.25) is 0 Å². The molecule has 0 N–H and O–H groups in total. The zero-order chi connectivity index (χ0) is 25.0. The molecule has 6 rings (SSSR count). The Labute approximate surface area is 213 Å². The van der Waals surface area contributed by atoms with Crippen LogP contribution in [0.25, 0.3) is 55.2 Å². The van der Waals surface area contributed by atoms with E-state index in [9.17, 15) is 0 Å². The lowest BCUT2D eigenvalue weighted by molar-refractivity contribution is 0.668. The van der Waals surface area contributed by atoms with E-state index in [1.54, 1.807) is 0 Å². The lowest BCUT2D eigenvalue weighted by Gasteiger charge is -2.18. The van der Waals surface area contributed by atoms with Crippen molar-refractivity contribution < 1.29 is 4.42 Å². The monoisotopic (exact) mass is 485 g/mol. The van der Waals surface area contributed by atoms with Crippen LogP contribution in [0.4, 0.5) is 0 Å². The van der Waals surface area contributed by atoms with Crippen LogP contribution in [0.3, 0.4) is 0 Å². The first-order chi connectivity index (χ1) is 17.3. The molecule has 0 saturated heterocycles. The summed E-state index contributed by atoms with van der Waals surface area (Å²) < 4.78 is 6.52. The predicted molar refractivity (Wildman–Crippen MR) is 157 cm³/mol. The van der Waals surface area contributed by atoms with Crippen LogP contribution in [0, 0.1) is 0 Å². The normalized spacial score (nSPS) is 12.3. The van der Waals surface area contributed by atoms with E-state index in [4.69, 9.17) is 9.40 Å². The average molecular weight is 486 g/mol. The van der Waals surface area contributed by atoms with Gasteiger partial charge in [-0.05, 0) is 46.9 Å². The Balaban J connectivity index is 1.63. The van der Waals surface area contributed by atoms with Crippen molar-refractivity contribution in [2.75, 3.05) is 0 Å². The van der Waals surface area contributed by atoms with E-state index in [0.29, 0.717) is 5.92 Å². The summed E-state index contributed by atoms with van der Waals surface area (Å²) in [5.41, 5.74) is 8.53. The molecule has 6 aromatic rings. The van der Waals surface area contributed by atoms with Gasteiger partial charge in [0.2, 0.25) is 0 Å². The number of aromatic nitrogens is 1. The zero-order valence-electron chi connectivity index (χ0n) is 21.6. The first kappa shape index (κ1) is 22.8. The number of furan rings is 1. The maximum Gasteiger partial charge on any atom is 0.144 e. The first-order valence-corrected chi connectivity index (χ1v) is 16.3. The summed E-state index contributed by atoms with van der Waals surface area (Å²) >= 11 is 0. The molecule has 0 aliphatic heterocycles. The molecular formula is C33H31NOSi. The minimum absolute atomic E-state index is 0.457. The van der Waals surface area contributed by atoms with Gasteiger partial charge in [0, 0.05) is 21.7 Å². The van der Waals surface area contributed by atoms with Gasteiger partial charge in [-0.15, -0.1) is 0 Å². The van der Waals surface area contributed by atoms with Crippen LogP contribution < -0.4 is 5.19 Å². The zero-order valence-corrected chi connectivity index (χ0v) is 22.6. The number of fused-ring (bicyclic) bond motifs is 4. The highest BCUT2D eigenvalue weighted by atomic mass is 28.3. The van der Waals surface area contributed by atoms with Crippen molar-refractivity contribution in [2.24, 2.45) is 0 Å². The molecule has 178 valence electrons. The number of hydrogen-bond donors (Lipinski definition) is 0. The Kier molecular flexibility index (Phi) is 5.35. The van der Waals surface area contributed by atoms with Gasteiger partial charge in [0.05, 0.1) is 19.3 Å². The molecule has 0 radical (unpaired) electrons. The SMILES string of the molecule is CC(C)c1ccc2c(c1)oc1c(-c3cc(-c4ccccc4)c4cc([Si](C)(C)C)ccc4n3)cccc12. The summed E-state index contributed by atoms with van der Waals surface area (Å²) in [6.45, 7) is 11.6. The highest BCUT2D eigenvalue weighted by Gasteiger charge is 2.20. The van der Waals surface area contributed by atoms with Crippen molar-refractivity contribution in [1.82, 2.24) is 4.98 Å². The van der Waals surface area contributed by atoms with Gasteiger partial charge in [-0.1, -0.05) is 105 Å². The lowest BCUT2D eigenvalue weighted by atomic mass is 9.97. The third kappa shape index (κ3) is 3.84. The second-order valence-electron chi connectivity index (χ2n) is 11.1. The van der Waals surface area contributed by atoms with Gasteiger partial charge in [0.25, 0.3) is 0 Å². The minimum atomic E-state index is -1.46. The molecule has 0 fully saturated rings. The standard InChI is InChI=1S/C33H31NOSi/c1-21(2)23-14-16-25-26-12-9-13-27(33(26)35-32(25)18-23)31-20-28(22-10-7-6-8-11-22)29-19-24(36(3,4)5)15-17-30(29)34-31/h6-21H,1-5H3. The first-order valence-electron chi connectivity index (χ1n) is 12.8. The summed E-state index contributed by atoms with van der Waals surface area (Å²) in [4.78, 5) is 5.18. The molecule has 2 heterocycles. The van der Waals surface area contributed by atoms with Gasteiger partial charge >= 0.3 is 0 Å². The number of benzene rings is 4. The highest BCUT2D eigenvalue weighted by molar-refractivity contribution is 6.88. The molecule has 3 heteroatoms. The summed E-state index contributed by atoms with van der Waals surface area (Å²) in [5, 5.41) is 4.94. The fourth-order valence-corrected chi connectivity index (χ4v) is 6.22. The van der Waals surface area contributed by atoms with Crippen molar-refractivity contribution in [2.45, 2.75) is 39.4 Å². The van der Waals surface area contributed by atoms with Crippen LogP contribution in [0.1, 0.15) is 25.3 Å². The Morgan fingerprint density at radius 2 is 1.50 bits per heavy atom. The van der Waals surface area contributed by atoms with Gasteiger partial charge in [-0.25, -0.2) is 4.98 Å². The van der Waals surface area contributed by atoms with Crippen molar-refractivity contribution in [1.29, 1.82) is 0 Å². The number of pyridine rings is 1. The maximum atomic E-state index is 6.52. The van der Waals surface area contributed by atoms with Gasteiger partial charge < -0.3 is 4.42 Å². The molecule has 0 aliphatic rings. The maximum absolute atomic E-state index is 6.52. The van der Waals surface area contributed by atoms with E-state index < -0.39 is 8.07 Å². The second kappa shape index (κ2) is 8.46. The summed E-state index contributed by atoms with van der Waals surface area (Å²) in [5.74, 6) is 0.457. The van der Waals surface area contributed by atoms with Crippen LogP contribution in [0.15, 0.2) is 95.4 Å². The number of nitrogens with zero attached hydrogens (tertiary/aromatic N) is 1. The number of rotatable bonds is 4. The van der Waals surface area contributed by atoms with Crippen LogP contribution >= 0.6 is 0 Å². The molecule has 0 bridgehead atoms. The Bertz CT molecular complexity index is 1740. The average Bonchev–Trinajstić information content (AvgIpc) is 3.25. The number of hydrogen-bond acceptors (Lipinski definition) is 2. The molecule has 0 unspecified atom stereocenters. The summed E-state index contributed by atoms with van der Waals surface area (Å²) in [6, 6.07) is 32.7. The summed E-state index contributed by atoms with van der Waals surface area (Å²) in [7, 11) is -1.46. The van der Waals surface area contributed by atoms with E-state index in [1.807, 2.05) is 0 Å². The van der Waals surface area contributed by atoms with E-state index in [-0.39, 0.29) is 0 Å². The molecule has 36 heavy (non-hydrogen) atoms. The largest absolute Gasteiger partial charge is 0.455 e. The Morgan fingerprint density at radius 1 is 0.694 bits per heavy atom. The van der Waals surface area contributed by atoms with E-state index in [2.05, 4.69) is 124 Å². The fourth-order valence-electron chi connectivity index (χ4n) is 5.06. The van der Waals surface area contributed by atoms with Crippen molar-refractivity contribution in [3.63, 3.8) is 0 Å². The molecule has 0 spiro atoms. The fraction of sp³-hybridized carbons (Fsp3) is 0.182. The topological polar surface area (TPSA) is 26.0 Å². The highest BCUT2D eigenvalue weighted by Crippen LogP contribution is 2.38. The van der Waals surface area contributed by atoms with E-state index >= 15 is 0 Å². The van der Waals surface area contributed by atoms with Crippen molar-refractivity contribution in [3.8, 4) is 22.4 Å². The molecular weight excluding hydrogens is 454 g/mol. The molecule has 0 atom stereocenters. The molecule has 0 aliphatic carbocycles. The smallest absolute Gasteiger partial charge is 0.144 e. The quantitative estimate of drug-likeness (QED) is 0.233. The predicted octanol–water partition coefficient (Wildman–Crippen LogP) is 9.14. The lowest BCUT2D eigenvalue weighted by Crippen LogP contribution is -2.37. The van der Waals surface area contributed by atoms with Gasteiger partial charge in [0.1, 0.15) is 11.2 Å². The van der Waals surface area contributed by atoms with Gasteiger partial charge in [0.15, 0.2) is 0 Å². The third-order valence-corrected chi connectivity index (χ3v) is 9.27. The Morgan fingerprint density at radius 3 is 2.25 bits per heavy atom. The van der Waals surface area contributed by atoms with Crippen LogP contribution in [0.2, 0.25) is 19.6 Å². The van der Waals surface area contributed by atoms with Crippen LogP contribution in [-0.4, -0.2) is 13.1 Å². The molecule has 0 saturated carbocycles.